The van der Waals surface area contributed by atoms with Crippen LogP contribution in [0, 0.1) is 25.6 Å². The van der Waals surface area contributed by atoms with Gasteiger partial charge in [-0.05, 0) is 48.6 Å². The first-order valence-corrected chi connectivity index (χ1v) is 15.1. The maximum atomic E-state index is 14.8. The number of nitrogens with one attached hydrogen (secondary N) is 1. The molecule has 2 amide bonds. The van der Waals surface area contributed by atoms with Gasteiger partial charge in [0.15, 0.2) is 0 Å². The van der Waals surface area contributed by atoms with E-state index in [9.17, 15) is 22.4 Å². The van der Waals surface area contributed by atoms with Crippen molar-refractivity contribution < 1.29 is 22.4 Å². The number of hydrogen-bond acceptors (Lipinski definition) is 4. The lowest BCUT2D eigenvalue weighted by Crippen LogP contribution is -2.53. The van der Waals surface area contributed by atoms with Gasteiger partial charge in [0.1, 0.15) is 18.4 Å². The highest BCUT2D eigenvalue weighted by molar-refractivity contribution is 7.92. The summed E-state index contributed by atoms with van der Waals surface area (Å²) in [5.41, 5.74) is 3.01. The van der Waals surface area contributed by atoms with Crippen molar-refractivity contribution in [3.05, 3.63) is 101 Å². The molecule has 0 radical (unpaired) electrons. The molecule has 1 unspecified atom stereocenters. The zero-order valence-corrected chi connectivity index (χ0v) is 24.5. The normalized spacial score (nSPS) is 12.2. The number of halogens is 1. The van der Waals surface area contributed by atoms with Crippen molar-refractivity contribution in [2.24, 2.45) is 5.92 Å². The number of amides is 2. The molecule has 0 bridgehead atoms. The molecule has 3 aromatic rings. The fraction of sp³-hybridized carbons (Fsp3) is 0.355. The first-order chi connectivity index (χ1) is 18.9. The summed E-state index contributed by atoms with van der Waals surface area (Å²) in [7, 11) is -3.88. The van der Waals surface area contributed by atoms with Crippen molar-refractivity contribution in [1.29, 1.82) is 0 Å². The van der Waals surface area contributed by atoms with Crippen molar-refractivity contribution in [3.63, 3.8) is 0 Å². The molecule has 9 heteroatoms. The summed E-state index contributed by atoms with van der Waals surface area (Å²) in [5, 5.41) is 2.91. The van der Waals surface area contributed by atoms with E-state index in [2.05, 4.69) is 5.32 Å². The van der Waals surface area contributed by atoms with Gasteiger partial charge in [-0.25, -0.2) is 12.8 Å². The Balaban J connectivity index is 2.08. The molecule has 0 fully saturated rings. The summed E-state index contributed by atoms with van der Waals surface area (Å²) in [6.45, 7) is 7.22. The smallest absolute Gasteiger partial charge is 0.244 e. The number of carbonyl (C=O) groups is 2. The Kier molecular flexibility index (Phi) is 10.5. The molecule has 0 heterocycles. The van der Waals surface area contributed by atoms with Gasteiger partial charge in [0, 0.05) is 25.1 Å². The second kappa shape index (κ2) is 13.6. The Bertz CT molecular complexity index is 1430. The second-order valence-electron chi connectivity index (χ2n) is 10.4. The van der Waals surface area contributed by atoms with Gasteiger partial charge in [-0.2, -0.15) is 0 Å². The van der Waals surface area contributed by atoms with Crippen LogP contribution >= 0.6 is 0 Å². The van der Waals surface area contributed by atoms with Crippen molar-refractivity contribution in [3.8, 4) is 0 Å². The summed E-state index contributed by atoms with van der Waals surface area (Å²) in [6, 6.07) is 19.5. The van der Waals surface area contributed by atoms with Gasteiger partial charge >= 0.3 is 0 Å². The molecule has 0 aromatic heterocycles. The van der Waals surface area contributed by atoms with Gasteiger partial charge in [0.2, 0.25) is 21.8 Å². The molecule has 3 rings (SSSR count). The van der Waals surface area contributed by atoms with E-state index in [1.54, 1.807) is 37.3 Å². The van der Waals surface area contributed by atoms with Crippen LogP contribution in [0.15, 0.2) is 72.8 Å². The van der Waals surface area contributed by atoms with Crippen LogP contribution in [0.2, 0.25) is 0 Å². The van der Waals surface area contributed by atoms with E-state index >= 15 is 0 Å². The standard InChI is InChI=1S/C31H38FN3O4S/c1-22(2)19-33-31(37)29(18-25-13-7-6-8-14-25)34(20-26-15-9-10-16-27(26)32)30(36)21-35(40(5,38)39)28-17-11-12-23(3)24(28)4/h6-17,22,29H,18-21H2,1-5H3,(H,33,37). The van der Waals surface area contributed by atoms with Crippen LogP contribution in [0.5, 0.6) is 0 Å². The van der Waals surface area contributed by atoms with Crippen molar-refractivity contribution >= 4 is 27.5 Å². The average molecular weight is 568 g/mol. The summed E-state index contributed by atoms with van der Waals surface area (Å²) in [6.07, 6.45) is 1.22. The molecule has 0 aliphatic heterocycles. The number of sulfonamides is 1. The molecule has 0 aliphatic carbocycles. The Labute approximate surface area is 237 Å². The summed E-state index contributed by atoms with van der Waals surface area (Å²) >= 11 is 0. The third-order valence-corrected chi connectivity index (χ3v) is 7.90. The van der Waals surface area contributed by atoms with Gasteiger partial charge in [-0.1, -0.05) is 74.5 Å². The fourth-order valence-electron chi connectivity index (χ4n) is 4.39. The van der Waals surface area contributed by atoms with Crippen LogP contribution in [-0.2, 0) is 32.6 Å². The minimum Gasteiger partial charge on any atom is -0.354 e. The Morgan fingerprint density at radius 2 is 1.57 bits per heavy atom. The van der Waals surface area contributed by atoms with Crippen molar-refractivity contribution in [2.45, 2.75) is 46.7 Å². The van der Waals surface area contributed by atoms with Gasteiger partial charge < -0.3 is 10.2 Å². The molecule has 214 valence electrons. The maximum Gasteiger partial charge on any atom is 0.244 e. The van der Waals surface area contributed by atoms with E-state index in [0.717, 1.165) is 27.3 Å². The fourth-order valence-corrected chi connectivity index (χ4v) is 5.29. The minimum absolute atomic E-state index is 0.169. The predicted molar refractivity (Wildman–Crippen MR) is 157 cm³/mol. The van der Waals surface area contributed by atoms with E-state index in [4.69, 9.17) is 0 Å². The molecule has 1 atom stereocenters. The summed E-state index contributed by atoms with van der Waals surface area (Å²) < 4.78 is 41.8. The van der Waals surface area contributed by atoms with E-state index in [1.807, 2.05) is 57.2 Å². The number of carbonyl (C=O) groups excluding carboxylic acids is 2. The van der Waals surface area contributed by atoms with E-state index in [1.165, 1.54) is 11.0 Å². The lowest BCUT2D eigenvalue weighted by atomic mass is 10.0. The molecule has 0 saturated heterocycles. The zero-order chi connectivity index (χ0) is 29.4. The lowest BCUT2D eigenvalue weighted by molar-refractivity contribution is -0.140. The first-order valence-electron chi connectivity index (χ1n) is 13.3. The molecule has 7 nitrogen and oxygen atoms in total. The highest BCUT2D eigenvalue weighted by atomic mass is 32.2. The third-order valence-electron chi connectivity index (χ3n) is 6.78. The monoisotopic (exact) mass is 567 g/mol. The van der Waals surface area contributed by atoms with Crippen LogP contribution in [0.25, 0.3) is 0 Å². The van der Waals surface area contributed by atoms with Gasteiger partial charge in [-0.15, -0.1) is 0 Å². The molecular weight excluding hydrogens is 529 g/mol. The van der Waals surface area contributed by atoms with E-state index in [0.29, 0.717) is 12.2 Å². The Hall–Kier alpha value is -3.72. The molecule has 1 N–H and O–H groups in total. The molecule has 0 saturated carbocycles. The number of anilines is 1. The molecule has 0 aliphatic rings. The second-order valence-corrected chi connectivity index (χ2v) is 12.4. The highest BCUT2D eigenvalue weighted by Gasteiger charge is 2.33. The number of nitrogens with zero attached hydrogens (tertiary/aromatic N) is 2. The summed E-state index contributed by atoms with van der Waals surface area (Å²) in [4.78, 5) is 29.0. The molecule has 40 heavy (non-hydrogen) atoms. The van der Waals surface area contributed by atoms with Gasteiger partial charge in [0.25, 0.3) is 0 Å². The molecule has 0 spiro atoms. The van der Waals surface area contributed by atoms with Crippen LogP contribution in [-0.4, -0.2) is 50.5 Å². The van der Waals surface area contributed by atoms with Crippen LogP contribution in [0.3, 0.4) is 0 Å². The average Bonchev–Trinajstić information content (AvgIpc) is 2.90. The summed E-state index contributed by atoms with van der Waals surface area (Å²) in [5.74, 6) is -1.35. The maximum absolute atomic E-state index is 14.8. The predicted octanol–water partition coefficient (Wildman–Crippen LogP) is 4.62. The molecular formula is C31H38FN3O4S. The SMILES string of the molecule is Cc1cccc(N(CC(=O)N(Cc2ccccc2F)C(Cc2ccccc2)C(=O)NCC(C)C)S(C)(=O)=O)c1C. The first kappa shape index (κ1) is 30.8. The van der Waals surface area contributed by atoms with E-state index < -0.39 is 34.3 Å². The van der Waals surface area contributed by atoms with E-state index in [-0.39, 0.29) is 30.4 Å². The zero-order valence-electron chi connectivity index (χ0n) is 23.7. The van der Waals surface area contributed by atoms with Crippen LogP contribution in [0.4, 0.5) is 10.1 Å². The Morgan fingerprint density at radius 3 is 2.20 bits per heavy atom. The number of aryl methyl sites for hydroxylation is 1. The third kappa shape index (κ3) is 8.14. The van der Waals surface area contributed by atoms with Crippen molar-refractivity contribution in [1.82, 2.24) is 10.2 Å². The molecule has 3 aromatic carbocycles. The Morgan fingerprint density at radius 1 is 0.925 bits per heavy atom. The van der Waals surface area contributed by atoms with Crippen molar-refractivity contribution in [2.75, 3.05) is 23.7 Å². The van der Waals surface area contributed by atoms with Crippen LogP contribution in [0.1, 0.15) is 36.1 Å². The van der Waals surface area contributed by atoms with Crippen LogP contribution < -0.4 is 9.62 Å². The number of benzene rings is 3. The quantitative estimate of drug-likeness (QED) is 0.346. The highest BCUT2D eigenvalue weighted by Crippen LogP contribution is 2.26. The van der Waals surface area contributed by atoms with Gasteiger partial charge in [0.05, 0.1) is 11.9 Å². The number of rotatable bonds is 12. The largest absolute Gasteiger partial charge is 0.354 e. The topological polar surface area (TPSA) is 86.8 Å². The minimum atomic E-state index is -3.88. The lowest BCUT2D eigenvalue weighted by Gasteiger charge is -2.34. The van der Waals surface area contributed by atoms with Gasteiger partial charge in [-0.3, -0.25) is 13.9 Å². The number of hydrogen-bond donors (Lipinski definition) is 1.